The molecular weight excluding hydrogens is 1070 g/mol. The van der Waals surface area contributed by atoms with Crippen molar-refractivity contribution in [2.75, 3.05) is 0 Å². The van der Waals surface area contributed by atoms with Crippen molar-refractivity contribution in [3.8, 4) is 0 Å². The van der Waals surface area contributed by atoms with Crippen LogP contribution in [0.3, 0.4) is 0 Å². The largest absolute Gasteiger partial charge is 0.459 e. The Morgan fingerprint density at radius 1 is 0.549 bits per heavy atom. The van der Waals surface area contributed by atoms with Crippen molar-refractivity contribution in [2.45, 2.75) is 69.4 Å². The molecule has 13 rings (SSSR count). The molecule has 0 saturated heterocycles. The van der Waals surface area contributed by atoms with Gasteiger partial charge >= 0.3 is 23.9 Å². The highest BCUT2D eigenvalue weighted by molar-refractivity contribution is 7.18. The molecule has 82 heavy (non-hydrogen) atoms. The zero-order valence-electron chi connectivity index (χ0n) is 43.8. The molecule has 2 aromatic heterocycles. The van der Waals surface area contributed by atoms with Crippen LogP contribution in [-0.4, -0.2) is 52.7 Å². The van der Waals surface area contributed by atoms with E-state index in [1.165, 1.54) is 12.1 Å². The summed E-state index contributed by atoms with van der Waals surface area (Å²) in [5.74, 6) is -7.15. The number of ether oxygens (including phenoxy) is 4. The Morgan fingerprint density at radius 2 is 0.976 bits per heavy atom. The molecule has 13 nitrogen and oxygen atoms in total. The number of hydrogen-bond acceptors (Lipinski definition) is 15. The number of nitrogens with zero attached hydrogens (tertiary/aromatic N) is 1. The second-order valence-electron chi connectivity index (χ2n) is 20.9. The first-order chi connectivity index (χ1) is 40.0. The van der Waals surface area contributed by atoms with Gasteiger partial charge in [-0.05, 0) is 70.9 Å². The van der Waals surface area contributed by atoms with Crippen LogP contribution in [-0.2, 0) is 91.4 Å². The number of carbonyl (C=O) groups excluding carboxylic acids is 8. The van der Waals surface area contributed by atoms with Crippen LogP contribution in [0.15, 0.2) is 180 Å². The zero-order valence-corrected chi connectivity index (χ0v) is 45.4. The number of Topliss-reactive ketones (excluding diaryl/α,β-unsaturated/α-hetero) is 4. The van der Waals surface area contributed by atoms with E-state index in [0.717, 1.165) is 35.5 Å². The number of ketones is 4. The minimum absolute atomic E-state index is 0.0175. The number of esters is 4. The fraction of sp³-hybridized carbons (Fsp3) is 0.194. The van der Waals surface area contributed by atoms with Crippen LogP contribution in [0.5, 0.6) is 0 Å². The van der Waals surface area contributed by atoms with Gasteiger partial charge < -0.3 is 18.9 Å². The molecule has 0 bridgehead atoms. The van der Waals surface area contributed by atoms with Crippen molar-refractivity contribution >= 4 is 97.6 Å². The first-order valence-electron chi connectivity index (χ1n) is 26.9. The zero-order chi connectivity index (χ0) is 56.3. The third kappa shape index (κ3) is 8.45. The minimum atomic E-state index is -2.61. The van der Waals surface area contributed by atoms with Crippen molar-refractivity contribution in [1.82, 2.24) is 0 Å². The SMILES string of the molecule is O=C1C(=C=CC2=Cc3sc4c(c3C2)C(C(=O)OCc2ccccc2)(C(=O)OCc2ccccc2)C2=C4C(C(=O)OCc3ccccc3)(C(=O)OCc3ccccc3)c3cc(N=C4C(=O)C5CCCCC5C4=O)sc32)C(=O)c2ccccc21. The number of carbonyl (C=O) groups is 8. The van der Waals surface area contributed by atoms with Gasteiger partial charge in [0.05, 0.1) is 0 Å². The molecule has 2 heterocycles. The predicted octanol–water partition coefficient (Wildman–Crippen LogP) is 11.3. The fourth-order valence-electron chi connectivity index (χ4n) is 12.3. The predicted molar refractivity (Wildman–Crippen MR) is 305 cm³/mol. The number of rotatable bonds is 14. The fourth-order valence-corrected chi connectivity index (χ4v) is 15.0. The lowest BCUT2D eigenvalue weighted by Gasteiger charge is -2.30. The molecule has 2 fully saturated rings. The Labute approximate surface area is 477 Å². The molecule has 0 radical (unpaired) electrons. The summed E-state index contributed by atoms with van der Waals surface area (Å²) in [7, 11) is 0. The van der Waals surface area contributed by atoms with E-state index in [-0.39, 0.29) is 104 Å². The number of benzene rings is 5. The van der Waals surface area contributed by atoms with E-state index in [9.17, 15) is 19.2 Å². The van der Waals surface area contributed by atoms with Crippen molar-refractivity contribution in [3.63, 3.8) is 0 Å². The van der Waals surface area contributed by atoms with Crippen LogP contribution in [0.4, 0.5) is 5.00 Å². The maximum Gasteiger partial charge on any atom is 0.333 e. The topological polar surface area (TPSA) is 186 Å². The molecule has 6 aliphatic rings. The molecule has 404 valence electrons. The molecule has 0 spiro atoms. The number of hydrogen-bond donors (Lipinski definition) is 0. The highest BCUT2D eigenvalue weighted by Gasteiger charge is 2.72. The summed E-state index contributed by atoms with van der Waals surface area (Å²) in [5.41, 5.74) is 1.13. The van der Waals surface area contributed by atoms with Crippen molar-refractivity contribution < 1.29 is 57.3 Å². The Bertz CT molecular complexity index is 3890. The van der Waals surface area contributed by atoms with Gasteiger partial charge in [-0.1, -0.05) is 158 Å². The van der Waals surface area contributed by atoms with Crippen LogP contribution < -0.4 is 0 Å². The van der Waals surface area contributed by atoms with Gasteiger partial charge in [-0.25, -0.2) is 4.99 Å². The molecule has 7 aromatic rings. The van der Waals surface area contributed by atoms with Gasteiger partial charge in [0.2, 0.25) is 22.4 Å². The standard InChI is InChI=1S/C67H47NO12S2/c69-56-43-25-13-14-26-44(43)57(70)47(56)30-29-42-31-48-50(32-42)81-61-52(48)67(64(75)79-36-40-21-9-3-10-22-40,65(76)80-37-41-23-11-4-12-24-41)53-54(61)66(62(73)77-34-38-17-5-1-6-18-38,63(74)78-35-39-19-7-2-8-20-39)49-33-51(82-60(49)53)68-55-58(71)45-27-15-16-28-46(45)59(55)72/h1-14,17-26,29,32-33,45-46H,15-16,27-28,31,34-37H2. The van der Waals surface area contributed by atoms with E-state index >= 15 is 19.2 Å². The van der Waals surface area contributed by atoms with Crippen LogP contribution in [0.25, 0.3) is 17.2 Å². The summed E-state index contributed by atoms with van der Waals surface area (Å²) < 4.78 is 25.3. The first-order valence-corrected chi connectivity index (χ1v) is 28.6. The summed E-state index contributed by atoms with van der Waals surface area (Å²) in [6.07, 6.45) is 5.98. The monoisotopic (exact) mass is 1120 g/mol. The van der Waals surface area contributed by atoms with Crippen molar-refractivity contribution in [3.05, 3.63) is 239 Å². The Hall–Kier alpha value is -9.27. The van der Waals surface area contributed by atoms with Gasteiger partial charge in [-0.3, -0.25) is 38.4 Å². The first kappa shape index (κ1) is 52.1. The van der Waals surface area contributed by atoms with E-state index in [0.29, 0.717) is 51.1 Å². The lowest BCUT2D eigenvalue weighted by atomic mass is 9.74. The highest BCUT2D eigenvalue weighted by Crippen LogP contribution is 2.69. The second-order valence-corrected chi connectivity index (χ2v) is 23.0. The molecule has 5 aromatic carbocycles. The van der Waals surface area contributed by atoms with Gasteiger partial charge in [0.25, 0.3) is 0 Å². The second kappa shape index (κ2) is 21.0. The summed E-state index contributed by atoms with van der Waals surface area (Å²) in [4.78, 5) is 126. The summed E-state index contributed by atoms with van der Waals surface area (Å²) in [5, 5.41) is 0.0490. The minimum Gasteiger partial charge on any atom is -0.459 e. The molecule has 2 unspecified atom stereocenters. The van der Waals surface area contributed by atoms with Crippen LogP contribution in [0.1, 0.15) is 100.0 Å². The van der Waals surface area contributed by atoms with Crippen LogP contribution in [0, 0.1) is 11.8 Å². The summed E-state index contributed by atoms with van der Waals surface area (Å²) in [6.45, 7) is -1.24. The summed E-state index contributed by atoms with van der Waals surface area (Å²) >= 11 is 2.03. The van der Waals surface area contributed by atoms with Gasteiger partial charge in [0, 0.05) is 59.9 Å². The Balaban J connectivity index is 1.05. The highest BCUT2D eigenvalue weighted by atomic mass is 32.1. The smallest absolute Gasteiger partial charge is 0.333 e. The third-order valence-electron chi connectivity index (χ3n) is 16.2. The van der Waals surface area contributed by atoms with Crippen molar-refractivity contribution in [1.29, 1.82) is 0 Å². The molecule has 0 N–H and O–H groups in total. The molecule has 0 amide bonds. The summed E-state index contributed by atoms with van der Waals surface area (Å²) in [6, 6.07) is 43.5. The maximum atomic E-state index is 16.2. The third-order valence-corrected chi connectivity index (χ3v) is 18.4. The number of thiophene rings is 2. The quantitative estimate of drug-likeness (QED) is 0.0251. The van der Waals surface area contributed by atoms with E-state index in [2.05, 4.69) is 5.73 Å². The van der Waals surface area contributed by atoms with Gasteiger partial charge in [-0.2, -0.15) is 0 Å². The Kier molecular flexibility index (Phi) is 13.3. The number of allylic oxidation sites excluding steroid dienone is 2. The number of aliphatic imine (C=N–C) groups is 1. The Morgan fingerprint density at radius 3 is 1.44 bits per heavy atom. The van der Waals surface area contributed by atoms with Crippen LogP contribution in [0.2, 0.25) is 0 Å². The molecule has 2 saturated carbocycles. The van der Waals surface area contributed by atoms with Gasteiger partial charge in [-0.15, -0.1) is 28.4 Å². The van der Waals surface area contributed by atoms with Crippen molar-refractivity contribution in [2.24, 2.45) is 16.8 Å². The van der Waals surface area contributed by atoms with E-state index in [4.69, 9.17) is 23.9 Å². The normalized spacial score (nSPS) is 18.4. The number of fused-ring (bicyclic) bond motifs is 8. The molecular formula is C67H47NO12S2. The molecule has 2 atom stereocenters. The van der Waals surface area contributed by atoms with Gasteiger partial charge in [0.15, 0.2) is 17.3 Å². The average molecular weight is 1120 g/mol. The lowest BCUT2D eigenvalue weighted by Crippen LogP contribution is -2.46. The molecule has 0 aliphatic heterocycles. The lowest BCUT2D eigenvalue weighted by molar-refractivity contribution is -0.165. The van der Waals surface area contributed by atoms with Gasteiger partial charge in [0.1, 0.15) is 37.0 Å². The van der Waals surface area contributed by atoms with Crippen LogP contribution >= 0.6 is 22.7 Å². The maximum absolute atomic E-state index is 16.2. The average Bonchev–Trinajstić information content (AvgIpc) is 1.99. The van der Waals surface area contributed by atoms with E-state index in [1.807, 2.05) is 0 Å². The molecule has 15 heteroatoms. The molecule has 6 aliphatic carbocycles. The van der Waals surface area contributed by atoms with E-state index < -0.39 is 58.1 Å². The van der Waals surface area contributed by atoms with E-state index in [1.54, 1.807) is 152 Å².